The highest BCUT2D eigenvalue weighted by Crippen LogP contribution is 2.39. The van der Waals surface area contributed by atoms with Crippen LogP contribution in [0.5, 0.6) is 0 Å². The van der Waals surface area contributed by atoms with Crippen molar-refractivity contribution >= 4 is 71.9 Å². The summed E-state index contributed by atoms with van der Waals surface area (Å²) in [6.07, 6.45) is 7.39. The summed E-state index contributed by atoms with van der Waals surface area (Å²) in [6.45, 7) is 13.3. The normalized spacial score (nSPS) is 13.3. The van der Waals surface area contributed by atoms with E-state index in [9.17, 15) is 0 Å². The van der Waals surface area contributed by atoms with Crippen LogP contribution >= 0.6 is 0 Å². The number of rotatable bonds is 9. The number of nitrogens with zero attached hydrogens (tertiary/aromatic N) is 3. The lowest BCUT2D eigenvalue weighted by molar-refractivity contribution is 1.09. The zero-order chi connectivity index (χ0) is 38.6. The van der Waals surface area contributed by atoms with Gasteiger partial charge in [-0.1, -0.05) is 171 Å². The summed E-state index contributed by atoms with van der Waals surface area (Å²) in [4.78, 5) is 10.7. The lowest BCUT2D eigenvalue weighted by Crippen LogP contribution is -2.05. The molecule has 0 aliphatic rings. The Kier molecular flexibility index (Phi) is 10.2. The standard InChI is InChI=1S/C53H45N3/c1-6-36(3)52(55-53(42-24-12-9-13-25-42)54-38(5)39-20-10-8-11-21-39)47-34-31-40-22-14-16-26-44(40)50(47)37(4)30-33-43(7-2)56-48-29-19-18-28-46(48)51-45-27-17-15-23-41(45)32-35-49(51)56/h7-35H,4,6H2,1-3,5H3/b33-30-,43-7+,52-36+,54-38?,55-53?. The van der Waals surface area contributed by atoms with E-state index >= 15 is 0 Å². The molecule has 0 fully saturated rings. The minimum Gasteiger partial charge on any atom is -0.310 e. The van der Waals surface area contributed by atoms with Crippen LogP contribution in [0.15, 0.2) is 198 Å². The average molecular weight is 724 g/mol. The Labute approximate surface area is 329 Å². The van der Waals surface area contributed by atoms with Gasteiger partial charge in [0.15, 0.2) is 5.84 Å². The van der Waals surface area contributed by atoms with Crippen molar-refractivity contribution in [3.8, 4) is 0 Å². The minimum absolute atomic E-state index is 0.671. The highest BCUT2D eigenvalue weighted by Gasteiger charge is 2.18. The number of para-hydroxylation sites is 1. The maximum atomic E-state index is 5.48. The van der Waals surface area contributed by atoms with Gasteiger partial charge in [-0.15, -0.1) is 0 Å². The Morgan fingerprint density at radius 1 is 0.589 bits per heavy atom. The zero-order valence-electron chi connectivity index (χ0n) is 32.5. The third-order valence-corrected chi connectivity index (χ3v) is 10.7. The summed E-state index contributed by atoms with van der Waals surface area (Å²) >= 11 is 0. The zero-order valence-corrected chi connectivity index (χ0v) is 32.5. The third-order valence-electron chi connectivity index (χ3n) is 10.7. The van der Waals surface area contributed by atoms with Crippen molar-refractivity contribution in [2.75, 3.05) is 0 Å². The molecule has 3 heteroatoms. The molecule has 0 saturated heterocycles. The lowest BCUT2D eigenvalue weighted by atomic mass is 9.90. The number of fused-ring (bicyclic) bond motifs is 6. The molecule has 0 N–H and O–H groups in total. The van der Waals surface area contributed by atoms with E-state index in [1.807, 2.05) is 36.4 Å². The molecule has 0 spiro atoms. The van der Waals surface area contributed by atoms with Gasteiger partial charge < -0.3 is 4.57 Å². The van der Waals surface area contributed by atoms with Crippen LogP contribution in [0.3, 0.4) is 0 Å². The van der Waals surface area contributed by atoms with Gasteiger partial charge in [-0.3, -0.25) is 0 Å². The van der Waals surface area contributed by atoms with Gasteiger partial charge in [0.2, 0.25) is 0 Å². The summed E-state index contributed by atoms with van der Waals surface area (Å²) in [6, 6.07) is 55.4. The molecule has 1 heterocycles. The van der Waals surface area contributed by atoms with Crippen LogP contribution in [-0.4, -0.2) is 16.1 Å². The van der Waals surface area contributed by atoms with Crippen molar-refractivity contribution in [3.63, 3.8) is 0 Å². The second kappa shape index (κ2) is 15.9. The molecule has 7 aromatic carbocycles. The van der Waals surface area contributed by atoms with E-state index in [1.165, 1.54) is 38.2 Å². The SMILES string of the molecule is C=C(/C=C\C(=C/C)n1c2ccccc2c2c3ccccc3ccc21)c1c(/C(N=C(N=C(C)c2ccccc2)c2ccccc2)=C(/C)CC)ccc2ccccc12. The van der Waals surface area contributed by atoms with Crippen molar-refractivity contribution in [3.05, 3.63) is 210 Å². The molecule has 0 atom stereocenters. The van der Waals surface area contributed by atoms with Gasteiger partial charge in [-0.05, 0) is 89.2 Å². The Hall–Kier alpha value is -6.84. The minimum atomic E-state index is 0.671. The summed E-state index contributed by atoms with van der Waals surface area (Å²) in [5, 5.41) is 7.29. The number of hydrogen-bond acceptors (Lipinski definition) is 1. The van der Waals surface area contributed by atoms with Crippen LogP contribution in [0.25, 0.3) is 60.3 Å². The Bertz CT molecular complexity index is 2920. The van der Waals surface area contributed by atoms with Gasteiger partial charge in [-0.2, -0.15) is 0 Å². The first kappa shape index (κ1) is 36.2. The van der Waals surface area contributed by atoms with Crippen LogP contribution in [-0.2, 0) is 0 Å². The van der Waals surface area contributed by atoms with Gasteiger partial charge in [0.25, 0.3) is 0 Å². The number of hydrogen-bond donors (Lipinski definition) is 0. The molecule has 0 bridgehead atoms. The maximum Gasteiger partial charge on any atom is 0.160 e. The molecule has 0 saturated carbocycles. The Morgan fingerprint density at radius 3 is 1.88 bits per heavy atom. The van der Waals surface area contributed by atoms with Gasteiger partial charge in [0, 0.05) is 33.3 Å². The van der Waals surface area contributed by atoms with E-state index in [0.717, 1.165) is 62.1 Å². The van der Waals surface area contributed by atoms with E-state index in [-0.39, 0.29) is 0 Å². The highest BCUT2D eigenvalue weighted by atomic mass is 15.0. The largest absolute Gasteiger partial charge is 0.310 e. The van der Waals surface area contributed by atoms with Crippen molar-refractivity contribution in [2.45, 2.75) is 34.1 Å². The number of aromatic nitrogens is 1. The van der Waals surface area contributed by atoms with Crippen LogP contribution in [0.2, 0.25) is 0 Å². The number of amidine groups is 1. The van der Waals surface area contributed by atoms with E-state index < -0.39 is 0 Å². The van der Waals surface area contributed by atoms with E-state index in [4.69, 9.17) is 16.6 Å². The topological polar surface area (TPSA) is 29.6 Å². The molecular weight excluding hydrogens is 679 g/mol. The fourth-order valence-corrected chi connectivity index (χ4v) is 7.70. The van der Waals surface area contributed by atoms with Crippen LogP contribution in [0.4, 0.5) is 0 Å². The molecule has 56 heavy (non-hydrogen) atoms. The third kappa shape index (κ3) is 6.85. The molecule has 3 nitrogen and oxygen atoms in total. The molecule has 0 aliphatic heterocycles. The molecule has 0 unspecified atom stereocenters. The first-order valence-electron chi connectivity index (χ1n) is 19.4. The monoisotopic (exact) mass is 723 g/mol. The van der Waals surface area contributed by atoms with Crippen LogP contribution in [0, 0.1) is 0 Å². The molecule has 8 rings (SSSR count). The summed E-state index contributed by atoms with van der Waals surface area (Å²) in [5.41, 5.74) is 11.4. The van der Waals surface area contributed by atoms with Gasteiger partial charge in [0.1, 0.15) is 0 Å². The molecule has 1 aromatic heterocycles. The quantitative estimate of drug-likeness (QED) is 0.0806. The van der Waals surface area contributed by atoms with E-state index in [0.29, 0.717) is 5.84 Å². The van der Waals surface area contributed by atoms with E-state index in [1.54, 1.807) is 0 Å². The van der Waals surface area contributed by atoms with Crippen molar-refractivity contribution in [1.82, 2.24) is 4.57 Å². The van der Waals surface area contributed by atoms with E-state index in [2.05, 4.69) is 172 Å². The molecule has 0 aliphatic carbocycles. The number of aliphatic imine (C=N–C) groups is 2. The first-order chi connectivity index (χ1) is 27.5. The van der Waals surface area contributed by atoms with Gasteiger partial charge in [0.05, 0.1) is 16.7 Å². The van der Waals surface area contributed by atoms with Gasteiger partial charge in [-0.25, -0.2) is 9.98 Å². The predicted molar refractivity (Wildman–Crippen MR) is 244 cm³/mol. The second-order valence-corrected chi connectivity index (χ2v) is 14.2. The summed E-state index contributed by atoms with van der Waals surface area (Å²) < 4.78 is 2.38. The molecule has 8 aromatic rings. The predicted octanol–water partition coefficient (Wildman–Crippen LogP) is 14.3. The highest BCUT2D eigenvalue weighted by molar-refractivity contribution is 6.22. The molecule has 0 amide bonds. The number of allylic oxidation sites excluding steroid dienone is 6. The van der Waals surface area contributed by atoms with Crippen LogP contribution < -0.4 is 0 Å². The van der Waals surface area contributed by atoms with Gasteiger partial charge >= 0.3 is 0 Å². The molecule has 0 radical (unpaired) electrons. The first-order valence-corrected chi connectivity index (χ1v) is 19.4. The summed E-state index contributed by atoms with van der Waals surface area (Å²) in [7, 11) is 0. The van der Waals surface area contributed by atoms with Crippen molar-refractivity contribution in [2.24, 2.45) is 9.98 Å². The molecular formula is C53H45N3. The summed E-state index contributed by atoms with van der Waals surface area (Å²) in [5.74, 6) is 0.671. The fraction of sp³-hybridized carbons (Fsp3) is 0.0943. The number of benzene rings is 7. The lowest BCUT2D eigenvalue weighted by Gasteiger charge is -2.17. The fourth-order valence-electron chi connectivity index (χ4n) is 7.70. The average Bonchev–Trinajstić information content (AvgIpc) is 3.60. The molecule has 272 valence electrons. The van der Waals surface area contributed by atoms with Crippen LogP contribution in [0.1, 0.15) is 56.4 Å². The van der Waals surface area contributed by atoms with Crippen molar-refractivity contribution in [1.29, 1.82) is 0 Å². The Balaban J connectivity index is 1.29. The Morgan fingerprint density at radius 2 is 1.18 bits per heavy atom. The second-order valence-electron chi connectivity index (χ2n) is 14.2. The maximum absolute atomic E-state index is 5.48. The van der Waals surface area contributed by atoms with Crippen molar-refractivity contribution < 1.29 is 0 Å². The smallest absolute Gasteiger partial charge is 0.160 e.